The summed E-state index contributed by atoms with van der Waals surface area (Å²) in [7, 11) is 3.83. The SMILES string of the molecule is Cc1[nH]cnc1CN(C)C(=O)Cc1cn(C)c2ccccc12. The van der Waals surface area contributed by atoms with E-state index in [1.807, 2.05) is 39.3 Å². The van der Waals surface area contributed by atoms with E-state index in [1.165, 1.54) is 0 Å². The molecule has 0 spiro atoms. The quantitative estimate of drug-likeness (QED) is 0.804. The lowest BCUT2D eigenvalue weighted by Gasteiger charge is -2.16. The van der Waals surface area contributed by atoms with Crippen LogP contribution in [0.3, 0.4) is 0 Å². The number of H-pyrrole nitrogens is 1. The van der Waals surface area contributed by atoms with Gasteiger partial charge in [0.05, 0.1) is 25.0 Å². The highest BCUT2D eigenvalue weighted by Crippen LogP contribution is 2.21. The van der Waals surface area contributed by atoms with Gasteiger partial charge in [0, 0.05) is 36.9 Å². The van der Waals surface area contributed by atoms with Crippen molar-refractivity contribution in [1.82, 2.24) is 19.4 Å². The number of fused-ring (bicyclic) bond motifs is 1. The Labute approximate surface area is 129 Å². The minimum atomic E-state index is 0.0961. The summed E-state index contributed by atoms with van der Waals surface area (Å²) in [6.07, 6.45) is 4.10. The molecular weight excluding hydrogens is 276 g/mol. The van der Waals surface area contributed by atoms with Crippen LogP contribution in [-0.2, 0) is 24.8 Å². The molecule has 1 aromatic carbocycles. The summed E-state index contributed by atoms with van der Waals surface area (Å²) < 4.78 is 2.07. The van der Waals surface area contributed by atoms with Crippen molar-refractivity contribution in [3.8, 4) is 0 Å². The number of likely N-dealkylation sites (N-methyl/N-ethyl adjacent to an activating group) is 1. The smallest absolute Gasteiger partial charge is 0.227 e. The fraction of sp³-hybridized carbons (Fsp3) is 0.294. The van der Waals surface area contributed by atoms with Crippen LogP contribution in [0.2, 0.25) is 0 Å². The minimum Gasteiger partial charge on any atom is -0.350 e. The van der Waals surface area contributed by atoms with Crippen LogP contribution < -0.4 is 0 Å². The molecule has 0 unspecified atom stereocenters. The van der Waals surface area contributed by atoms with E-state index in [0.717, 1.165) is 27.9 Å². The first-order valence-corrected chi connectivity index (χ1v) is 7.32. The number of para-hydroxylation sites is 1. The maximum absolute atomic E-state index is 12.5. The van der Waals surface area contributed by atoms with Gasteiger partial charge in [0.1, 0.15) is 0 Å². The predicted octanol–water partition coefficient (Wildman–Crippen LogP) is 2.41. The third kappa shape index (κ3) is 2.62. The molecule has 0 atom stereocenters. The van der Waals surface area contributed by atoms with Gasteiger partial charge >= 0.3 is 0 Å². The third-order valence-corrected chi connectivity index (χ3v) is 4.07. The molecule has 3 aromatic rings. The number of aryl methyl sites for hydroxylation is 2. The van der Waals surface area contributed by atoms with Gasteiger partial charge in [-0.25, -0.2) is 4.98 Å². The van der Waals surface area contributed by atoms with Crippen LogP contribution in [0.25, 0.3) is 10.9 Å². The molecule has 0 radical (unpaired) electrons. The molecule has 1 amide bonds. The second-order valence-electron chi connectivity index (χ2n) is 5.68. The van der Waals surface area contributed by atoms with Crippen LogP contribution in [0.5, 0.6) is 0 Å². The van der Waals surface area contributed by atoms with Crippen LogP contribution in [0.4, 0.5) is 0 Å². The van der Waals surface area contributed by atoms with Crippen LogP contribution in [0.15, 0.2) is 36.8 Å². The zero-order chi connectivity index (χ0) is 15.7. The number of aromatic amines is 1. The molecule has 0 saturated heterocycles. The number of hydrogen-bond donors (Lipinski definition) is 1. The highest BCUT2D eigenvalue weighted by atomic mass is 16.2. The van der Waals surface area contributed by atoms with Crippen molar-refractivity contribution in [2.24, 2.45) is 7.05 Å². The molecule has 5 heteroatoms. The van der Waals surface area contributed by atoms with Crippen molar-refractivity contribution >= 4 is 16.8 Å². The van der Waals surface area contributed by atoms with Gasteiger partial charge in [-0.1, -0.05) is 18.2 Å². The average Bonchev–Trinajstić information content (AvgIpc) is 3.04. The number of benzene rings is 1. The fourth-order valence-electron chi connectivity index (χ4n) is 2.72. The molecular formula is C17H20N4O. The Hall–Kier alpha value is -2.56. The van der Waals surface area contributed by atoms with Crippen molar-refractivity contribution in [3.63, 3.8) is 0 Å². The molecule has 0 aliphatic carbocycles. The Balaban J connectivity index is 1.77. The van der Waals surface area contributed by atoms with E-state index >= 15 is 0 Å². The maximum Gasteiger partial charge on any atom is 0.227 e. The van der Waals surface area contributed by atoms with E-state index in [9.17, 15) is 4.79 Å². The van der Waals surface area contributed by atoms with Crippen molar-refractivity contribution in [3.05, 3.63) is 53.7 Å². The van der Waals surface area contributed by atoms with E-state index in [2.05, 4.69) is 26.7 Å². The van der Waals surface area contributed by atoms with Crippen LogP contribution in [0, 0.1) is 6.92 Å². The molecule has 0 fully saturated rings. The largest absolute Gasteiger partial charge is 0.350 e. The summed E-state index contributed by atoms with van der Waals surface area (Å²) in [4.78, 5) is 21.5. The topological polar surface area (TPSA) is 53.9 Å². The number of imidazole rings is 1. The Morgan fingerprint density at radius 3 is 2.86 bits per heavy atom. The zero-order valence-corrected chi connectivity index (χ0v) is 13.1. The first-order valence-electron chi connectivity index (χ1n) is 7.32. The Kier molecular flexibility index (Phi) is 3.71. The number of carbonyl (C=O) groups is 1. The Morgan fingerprint density at radius 1 is 1.36 bits per heavy atom. The lowest BCUT2D eigenvalue weighted by molar-refractivity contribution is -0.129. The van der Waals surface area contributed by atoms with Gasteiger partial charge in [-0.3, -0.25) is 4.79 Å². The summed E-state index contributed by atoms with van der Waals surface area (Å²) in [5.74, 6) is 0.0961. The lowest BCUT2D eigenvalue weighted by Crippen LogP contribution is -2.28. The van der Waals surface area contributed by atoms with Gasteiger partial charge in [0.2, 0.25) is 5.91 Å². The normalized spacial score (nSPS) is 11.0. The summed E-state index contributed by atoms with van der Waals surface area (Å²) in [6, 6.07) is 8.16. The molecule has 114 valence electrons. The molecule has 0 aliphatic heterocycles. The van der Waals surface area contributed by atoms with E-state index < -0.39 is 0 Å². The predicted molar refractivity (Wildman–Crippen MR) is 86.4 cm³/mol. The molecule has 1 N–H and O–H groups in total. The number of hydrogen-bond acceptors (Lipinski definition) is 2. The number of nitrogens with one attached hydrogen (secondary N) is 1. The Morgan fingerprint density at radius 2 is 2.14 bits per heavy atom. The zero-order valence-electron chi connectivity index (χ0n) is 13.1. The molecule has 0 saturated carbocycles. The Bertz CT molecular complexity index is 815. The third-order valence-electron chi connectivity index (χ3n) is 4.07. The van der Waals surface area contributed by atoms with Crippen LogP contribution in [-0.4, -0.2) is 32.4 Å². The highest BCUT2D eigenvalue weighted by molar-refractivity contribution is 5.89. The fourth-order valence-corrected chi connectivity index (χ4v) is 2.72. The standard InChI is InChI=1S/C17H20N4O/c1-12-15(19-11-18-12)10-21(3)17(22)8-13-9-20(2)16-7-5-4-6-14(13)16/h4-7,9,11H,8,10H2,1-3H3,(H,18,19). The maximum atomic E-state index is 12.5. The van der Waals surface area contributed by atoms with Crippen LogP contribution >= 0.6 is 0 Å². The van der Waals surface area contributed by atoms with Gasteiger partial charge in [-0.05, 0) is 18.6 Å². The van der Waals surface area contributed by atoms with Gasteiger partial charge in [-0.15, -0.1) is 0 Å². The van der Waals surface area contributed by atoms with E-state index in [4.69, 9.17) is 0 Å². The van der Waals surface area contributed by atoms with Gasteiger partial charge < -0.3 is 14.5 Å². The van der Waals surface area contributed by atoms with Crippen molar-refractivity contribution < 1.29 is 4.79 Å². The highest BCUT2D eigenvalue weighted by Gasteiger charge is 2.15. The molecule has 22 heavy (non-hydrogen) atoms. The minimum absolute atomic E-state index is 0.0961. The molecule has 3 rings (SSSR count). The summed E-state index contributed by atoms with van der Waals surface area (Å²) in [6.45, 7) is 2.49. The van der Waals surface area contributed by atoms with Gasteiger partial charge in [-0.2, -0.15) is 0 Å². The second kappa shape index (κ2) is 5.67. The number of rotatable bonds is 4. The van der Waals surface area contributed by atoms with E-state index in [1.54, 1.807) is 11.2 Å². The summed E-state index contributed by atoms with van der Waals surface area (Å²) in [5.41, 5.74) is 4.13. The molecule has 2 heterocycles. The first-order chi connectivity index (χ1) is 10.6. The van der Waals surface area contributed by atoms with Gasteiger partial charge in [0.25, 0.3) is 0 Å². The number of amides is 1. The number of nitrogens with zero attached hydrogens (tertiary/aromatic N) is 3. The molecule has 5 nitrogen and oxygen atoms in total. The van der Waals surface area contributed by atoms with E-state index in [0.29, 0.717) is 13.0 Å². The van der Waals surface area contributed by atoms with Crippen molar-refractivity contribution in [2.45, 2.75) is 19.9 Å². The van der Waals surface area contributed by atoms with Gasteiger partial charge in [0.15, 0.2) is 0 Å². The summed E-state index contributed by atoms with van der Waals surface area (Å²) in [5, 5.41) is 1.14. The molecule has 2 aromatic heterocycles. The average molecular weight is 296 g/mol. The molecule has 0 bridgehead atoms. The number of carbonyl (C=O) groups excluding carboxylic acids is 1. The molecule has 0 aliphatic rings. The summed E-state index contributed by atoms with van der Waals surface area (Å²) >= 11 is 0. The van der Waals surface area contributed by atoms with Crippen LogP contribution in [0.1, 0.15) is 17.0 Å². The number of aromatic nitrogens is 3. The van der Waals surface area contributed by atoms with E-state index in [-0.39, 0.29) is 5.91 Å². The van der Waals surface area contributed by atoms with Crippen molar-refractivity contribution in [1.29, 1.82) is 0 Å². The lowest BCUT2D eigenvalue weighted by atomic mass is 10.1. The van der Waals surface area contributed by atoms with Crippen molar-refractivity contribution in [2.75, 3.05) is 7.05 Å². The monoisotopic (exact) mass is 296 g/mol. The first kappa shape index (κ1) is 14.4. The second-order valence-corrected chi connectivity index (χ2v) is 5.68.